The molecule has 1 amide bonds. The van der Waals surface area contributed by atoms with Crippen molar-refractivity contribution in [3.63, 3.8) is 0 Å². The highest BCUT2D eigenvalue weighted by atomic mass is 16.5. The van der Waals surface area contributed by atoms with Crippen LogP contribution in [-0.2, 0) is 14.3 Å². The standard InChI is InChI=1S/C73H139NO5/c1-3-5-7-9-11-13-15-17-19-21-30-35-39-43-47-51-55-59-63-67-73(78)79-68-64-60-56-52-48-44-40-36-32-29-27-25-23-24-26-28-31-34-38-42-46-50-54-58-62-66-72(77)74-70(69-75)71(76)65-61-57-53-49-45-41-37-33-22-20-18-16-14-12-10-8-6-4-2/h11,13,17,19,24,26,70-71,75-76H,3-10,12,14-16,18,20-23,25,27-69H2,1-2H3,(H,74,77)/b13-11-,19-17-,26-24-. The van der Waals surface area contributed by atoms with Gasteiger partial charge in [-0.25, -0.2) is 0 Å². The molecule has 2 atom stereocenters. The van der Waals surface area contributed by atoms with Crippen molar-refractivity contribution in [2.45, 2.75) is 405 Å². The lowest BCUT2D eigenvalue weighted by atomic mass is 10.0. The summed E-state index contributed by atoms with van der Waals surface area (Å²) >= 11 is 0. The van der Waals surface area contributed by atoms with Crippen molar-refractivity contribution in [3.05, 3.63) is 36.5 Å². The number of hydrogen-bond acceptors (Lipinski definition) is 5. The monoisotopic (exact) mass is 1110 g/mol. The van der Waals surface area contributed by atoms with Crippen molar-refractivity contribution in [1.29, 1.82) is 0 Å². The first-order chi connectivity index (χ1) is 39.0. The molecule has 79 heavy (non-hydrogen) atoms. The number of aliphatic hydroxyl groups excluding tert-OH is 2. The van der Waals surface area contributed by atoms with E-state index in [1.807, 2.05) is 0 Å². The largest absolute Gasteiger partial charge is 0.466 e. The van der Waals surface area contributed by atoms with Gasteiger partial charge in [0.1, 0.15) is 0 Å². The maximum absolute atomic E-state index is 12.5. The maximum Gasteiger partial charge on any atom is 0.305 e. The number of hydrogen-bond donors (Lipinski definition) is 3. The molecule has 0 aliphatic carbocycles. The first-order valence-electron chi connectivity index (χ1n) is 35.7. The Morgan fingerprint density at radius 1 is 0.354 bits per heavy atom. The molecule has 2 unspecified atom stereocenters. The minimum Gasteiger partial charge on any atom is -0.466 e. The molecule has 0 bridgehead atoms. The zero-order chi connectivity index (χ0) is 57.1. The fourth-order valence-electron chi connectivity index (χ4n) is 11.2. The second kappa shape index (κ2) is 68.6. The Balaban J connectivity index is 3.38. The van der Waals surface area contributed by atoms with Gasteiger partial charge in [0.15, 0.2) is 0 Å². The van der Waals surface area contributed by atoms with E-state index < -0.39 is 12.1 Å². The summed E-state index contributed by atoms with van der Waals surface area (Å²) in [7, 11) is 0. The molecule has 0 aliphatic heterocycles. The molecule has 6 nitrogen and oxygen atoms in total. The van der Waals surface area contributed by atoms with E-state index in [2.05, 4.69) is 55.6 Å². The predicted molar refractivity (Wildman–Crippen MR) is 347 cm³/mol. The van der Waals surface area contributed by atoms with Crippen LogP contribution in [0.1, 0.15) is 393 Å². The summed E-state index contributed by atoms with van der Waals surface area (Å²) in [5.74, 6) is -0.0245. The summed E-state index contributed by atoms with van der Waals surface area (Å²) in [4.78, 5) is 24.6. The zero-order valence-electron chi connectivity index (χ0n) is 53.4. The quantitative estimate of drug-likeness (QED) is 0.0320. The molecule has 0 aromatic rings. The molecule has 0 fully saturated rings. The summed E-state index contributed by atoms with van der Waals surface area (Å²) in [6, 6.07) is -0.545. The molecule has 6 heteroatoms. The van der Waals surface area contributed by atoms with Crippen molar-refractivity contribution < 1.29 is 24.5 Å². The van der Waals surface area contributed by atoms with Gasteiger partial charge >= 0.3 is 5.97 Å². The second-order valence-corrected chi connectivity index (χ2v) is 24.6. The predicted octanol–water partition coefficient (Wildman–Crippen LogP) is 23.1. The number of esters is 1. The Labute approximate surface area is 494 Å². The summed E-state index contributed by atoms with van der Waals surface area (Å²) in [5.41, 5.74) is 0. The SMILES string of the molecule is CCCCC/C=C\C/C=C\CCCCCCCCCCCC(=O)OCCCCCCCCCCCCCC/C=C\CCCCCCCCCCCC(=O)NC(CO)C(O)CCCCCCCCCCCCCCCCCCCC. The number of carbonyl (C=O) groups excluding carboxylic acids is 2. The summed E-state index contributed by atoms with van der Waals surface area (Å²) in [5, 5.41) is 23.4. The van der Waals surface area contributed by atoms with Crippen LogP contribution in [0.25, 0.3) is 0 Å². The number of unbranched alkanes of at least 4 members (excludes halogenated alkanes) is 50. The average molecular weight is 1110 g/mol. The fourth-order valence-corrected chi connectivity index (χ4v) is 11.2. The van der Waals surface area contributed by atoms with Gasteiger partial charge in [0.05, 0.1) is 25.4 Å². The Kier molecular flexibility index (Phi) is 66.9. The average Bonchev–Trinajstić information content (AvgIpc) is 3.45. The van der Waals surface area contributed by atoms with Gasteiger partial charge in [-0.05, 0) is 83.5 Å². The van der Waals surface area contributed by atoms with Crippen LogP contribution in [0.3, 0.4) is 0 Å². The lowest BCUT2D eigenvalue weighted by Gasteiger charge is -2.22. The Hall–Kier alpha value is -1.92. The van der Waals surface area contributed by atoms with E-state index in [1.165, 1.54) is 308 Å². The van der Waals surface area contributed by atoms with Crippen LogP contribution >= 0.6 is 0 Å². The third-order valence-electron chi connectivity index (χ3n) is 16.7. The van der Waals surface area contributed by atoms with Gasteiger partial charge < -0.3 is 20.3 Å². The molecule has 0 spiro atoms. The molecule has 0 saturated heterocycles. The third-order valence-corrected chi connectivity index (χ3v) is 16.7. The minimum absolute atomic E-state index is 0.0103. The van der Waals surface area contributed by atoms with E-state index >= 15 is 0 Å². The normalized spacial score (nSPS) is 12.7. The summed E-state index contributed by atoms with van der Waals surface area (Å²) in [6.07, 6.45) is 87.6. The van der Waals surface area contributed by atoms with Crippen LogP contribution in [0.5, 0.6) is 0 Å². The van der Waals surface area contributed by atoms with Crippen LogP contribution in [0.15, 0.2) is 36.5 Å². The molecule has 0 aliphatic rings. The van der Waals surface area contributed by atoms with Crippen LogP contribution < -0.4 is 5.32 Å². The van der Waals surface area contributed by atoms with Crippen molar-refractivity contribution in [2.75, 3.05) is 13.2 Å². The number of allylic oxidation sites excluding steroid dienone is 6. The highest BCUT2D eigenvalue weighted by Gasteiger charge is 2.20. The number of amides is 1. The fraction of sp³-hybridized carbons (Fsp3) is 0.890. The van der Waals surface area contributed by atoms with Gasteiger partial charge in [0.25, 0.3) is 0 Å². The van der Waals surface area contributed by atoms with Gasteiger partial charge in [-0.15, -0.1) is 0 Å². The highest BCUT2D eigenvalue weighted by Crippen LogP contribution is 2.19. The van der Waals surface area contributed by atoms with Crippen LogP contribution in [0, 0.1) is 0 Å². The number of carbonyl (C=O) groups is 2. The number of nitrogens with one attached hydrogen (secondary N) is 1. The third kappa shape index (κ3) is 65.1. The molecule has 0 rings (SSSR count). The topological polar surface area (TPSA) is 95.9 Å². The van der Waals surface area contributed by atoms with Crippen molar-refractivity contribution in [3.8, 4) is 0 Å². The molecule has 466 valence electrons. The number of rotatable bonds is 67. The summed E-state index contributed by atoms with van der Waals surface area (Å²) in [6.45, 7) is 4.96. The van der Waals surface area contributed by atoms with Crippen LogP contribution in [0.4, 0.5) is 0 Å². The first kappa shape index (κ1) is 77.1. The molecular formula is C73H139NO5. The molecule has 0 aromatic heterocycles. The van der Waals surface area contributed by atoms with E-state index in [4.69, 9.17) is 4.74 Å². The zero-order valence-corrected chi connectivity index (χ0v) is 53.4. The molecule has 0 heterocycles. The Morgan fingerprint density at radius 2 is 0.633 bits per heavy atom. The van der Waals surface area contributed by atoms with E-state index in [-0.39, 0.29) is 18.5 Å². The van der Waals surface area contributed by atoms with Crippen molar-refractivity contribution >= 4 is 11.9 Å². The van der Waals surface area contributed by atoms with Crippen molar-refractivity contribution in [2.24, 2.45) is 0 Å². The van der Waals surface area contributed by atoms with Gasteiger partial charge in [-0.1, -0.05) is 333 Å². The van der Waals surface area contributed by atoms with E-state index in [0.29, 0.717) is 25.9 Å². The lowest BCUT2D eigenvalue weighted by molar-refractivity contribution is -0.143. The second-order valence-electron chi connectivity index (χ2n) is 24.6. The minimum atomic E-state index is -0.667. The highest BCUT2D eigenvalue weighted by molar-refractivity contribution is 5.76. The molecule has 3 N–H and O–H groups in total. The summed E-state index contributed by atoms with van der Waals surface area (Å²) < 4.78 is 5.51. The van der Waals surface area contributed by atoms with Gasteiger partial charge in [0.2, 0.25) is 5.91 Å². The Bertz CT molecular complexity index is 1280. The van der Waals surface area contributed by atoms with E-state index in [1.54, 1.807) is 0 Å². The van der Waals surface area contributed by atoms with Crippen LogP contribution in [-0.4, -0.2) is 47.4 Å². The lowest BCUT2D eigenvalue weighted by Crippen LogP contribution is -2.45. The molecule has 0 radical (unpaired) electrons. The Morgan fingerprint density at radius 3 is 1.00 bits per heavy atom. The van der Waals surface area contributed by atoms with Crippen molar-refractivity contribution in [1.82, 2.24) is 5.32 Å². The van der Waals surface area contributed by atoms with Gasteiger partial charge in [-0.3, -0.25) is 9.59 Å². The van der Waals surface area contributed by atoms with Gasteiger partial charge in [-0.2, -0.15) is 0 Å². The smallest absolute Gasteiger partial charge is 0.305 e. The van der Waals surface area contributed by atoms with E-state index in [9.17, 15) is 19.8 Å². The number of ether oxygens (including phenoxy) is 1. The molecule has 0 saturated carbocycles. The first-order valence-corrected chi connectivity index (χ1v) is 35.7. The van der Waals surface area contributed by atoms with E-state index in [0.717, 1.165) is 51.4 Å². The van der Waals surface area contributed by atoms with Gasteiger partial charge in [0, 0.05) is 12.8 Å². The molecule has 0 aromatic carbocycles. The molecular weight excluding hydrogens is 971 g/mol. The maximum atomic E-state index is 12.5. The number of aliphatic hydroxyl groups is 2. The van der Waals surface area contributed by atoms with Crippen LogP contribution in [0.2, 0.25) is 0 Å².